The number of nitrogens with one attached hydrogen (secondary N) is 1. The summed E-state index contributed by atoms with van der Waals surface area (Å²) in [6, 6.07) is 0.111. The highest BCUT2D eigenvalue weighted by Gasteiger charge is 2.41. The molecule has 2 atom stereocenters. The van der Waals surface area contributed by atoms with E-state index in [-0.39, 0.29) is 18.4 Å². The Hall–Kier alpha value is -3.11. The van der Waals surface area contributed by atoms with Crippen molar-refractivity contribution in [2.75, 3.05) is 6.67 Å². The molecule has 34 heavy (non-hydrogen) atoms. The van der Waals surface area contributed by atoms with Gasteiger partial charge >= 0.3 is 18.1 Å². The minimum Gasteiger partial charge on any atom is -0.460 e. The lowest BCUT2D eigenvalue weighted by Gasteiger charge is -2.23. The summed E-state index contributed by atoms with van der Waals surface area (Å²) in [6.07, 6.45) is -3.73. The number of Topliss-reactive ketones (excluding diaryl/α,β-unsaturated/α-hetero) is 1. The number of rotatable bonds is 8. The van der Waals surface area contributed by atoms with Gasteiger partial charge in [0.05, 0.1) is 24.0 Å². The molecule has 1 unspecified atom stereocenters. The van der Waals surface area contributed by atoms with E-state index in [2.05, 4.69) is 5.32 Å². The third kappa shape index (κ3) is 6.71. The van der Waals surface area contributed by atoms with Crippen LogP contribution in [0.25, 0.3) is 0 Å². The molecule has 0 fully saturated rings. The third-order valence-corrected chi connectivity index (χ3v) is 5.06. The summed E-state index contributed by atoms with van der Waals surface area (Å²) in [6.45, 7) is 4.92. The molecule has 1 aromatic rings. The topological polar surface area (TPSA) is 92.6 Å². The number of amides is 2. The average Bonchev–Trinajstić information content (AvgIpc) is 2.72. The van der Waals surface area contributed by atoms with E-state index in [1.165, 1.54) is 12.3 Å². The Morgan fingerprint density at radius 3 is 2.35 bits per heavy atom. The molecule has 0 bridgehead atoms. The molecule has 2 amide bonds. The number of halogens is 4. The van der Waals surface area contributed by atoms with E-state index in [1.54, 1.807) is 27.7 Å². The van der Waals surface area contributed by atoms with Crippen LogP contribution in [0.1, 0.15) is 62.0 Å². The first-order valence-electron chi connectivity index (χ1n) is 10.6. The molecule has 1 aliphatic heterocycles. The highest BCUT2D eigenvalue weighted by molar-refractivity contribution is 5.98. The zero-order valence-electron chi connectivity index (χ0n) is 19.3. The van der Waals surface area contributed by atoms with Crippen LogP contribution in [0.4, 0.5) is 17.6 Å². The lowest BCUT2D eigenvalue weighted by atomic mass is 9.97. The van der Waals surface area contributed by atoms with Gasteiger partial charge in [0.15, 0.2) is 12.0 Å². The van der Waals surface area contributed by atoms with Gasteiger partial charge in [-0.05, 0) is 38.5 Å². The smallest absolute Gasteiger partial charge is 0.420 e. The molecule has 2 rings (SSSR count). The lowest BCUT2D eigenvalue weighted by Crippen LogP contribution is -2.52. The van der Waals surface area contributed by atoms with Crippen LogP contribution in [0.5, 0.6) is 0 Å². The summed E-state index contributed by atoms with van der Waals surface area (Å²) < 4.78 is 58.5. The maximum atomic E-state index is 13.1. The number of hydrogen-bond acceptors (Lipinski definition) is 5. The first-order chi connectivity index (χ1) is 15.7. The molecular weight excluding hydrogens is 460 g/mol. The van der Waals surface area contributed by atoms with Crippen LogP contribution in [0.3, 0.4) is 0 Å². The van der Waals surface area contributed by atoms with Crippen LogP contribution >= 0.6 is 0 Å². The molecule has 186 valence electrons. The van der Waals surface area contributed by atoms with Crippen LogP contribution in [0.15, 0.2) is 18.2 Å². The highest BCUT2D eigenvalue weighted by Crippen LogP contribution is 2.31. The fourth-order valence-electron chi connectivity index (χ4n) is 3.48. The van der Waals surface area contributed by atoms with Crippen molar-refractivity contribution in [3.8, 4) is 0 Å². The van der Waals surface area contributed by atoms with E-state index in [1.807, 2.05) is 0 Å². The van der Waals surface area contributed by atoms with Gasteiger partial charge in [-0.25, -0.2) is 9.18 Å². The Balaban J connectivity index is 2.25. The van der Waals surface area contributed by atoms with Gasteiger partial charge in [-0.15, -0.1) is 0 Å². The van der Waals surface area contributed by atoms with Crippen molar-refractivity contribution in [3.63, 3.8) is 0 Å². The van der Waals surface area contributed by atoms with Crippen molar-refractivity contribution in [1.29, 1.82) is 0 Å². The SMILES string of the molecule is CC[C@@H](C(=O)NC(CC(=O)OC(C)(C)C)C(=O)CF)[N+]1=CCc2ccc(C(F)(F)F)cc2C1=O. The molecule has 0 aliphatic carbocycles. The second kappa shape index (κ2) is 10.4. The fourth-order valence-corrected chi connectivity index (χ4v) is 3.48. The second-order valence-corrected chi connectivity index (χ2v) is 8.84. The quantitative estimate of drug-likeness (QED) is 0.346. The zero-order chi connectivity index (χ0) is 25.8. The summed E-state index contributed by atoms with van der Waals surface area (Å²) in [4.78, 5) is 50.0. The van der Waals surface area contributed by atoms with E-state index >= 15 is 0 Å². The molecule has 0 spiro atoms. The second-order valence-electron chi connectivity index (χ2n) is 8.84. The molecule has 0 aromatic heterocycles. The van der Waals surface area contributed by atoms with Crippen molar-refractivity contribution >= 4 is 29.8 Å². The number of carbonyl (C=O) groups is 4. The number of nitrogens with zero attached hydrogens (tertiary/aromatic N) is 1. The number of ether oxygens (including phenoxy) is 1. The molecule has 7 nitrogen and oxygen atoms in total. The van der Waals surface area contributed by atoms with Gasteiger partial charge in [0, 0.05) is 6.42 Å². The first kappa shape index (κ1) is 27.1. The number of ketones is 1. The predicted molar refractivity (Wildman–Crippen MR) is 113 cm³/mol. The van der Waals surface area contributed by atoms with Gasteiger partial charge in [0.2, 0.25) is 6.04 Å². The predicted octanol–water partition coefficient (Wildman–Crippen LogP) is 3.02. The Morgan fingerprint density at radius 1 is 1.18 bits per heavy atom. The molecule has 1 N–H and O–H groups in total. The Kier molecular flexibility index (Phi) is 8.33. The normalized spacial score (nSPS) is 15.6. The number of esters is 1. The van der Waals surface area contributed by atoms with E-state index in [0.717, 1.165) is 16.7 Å². The number of hydrogen-bond donors (Lipinski definition) is 1. The molecule has 1 aromatic carbocycles. The van der Waals surface area contributed by atoms with Crippen LogP contribution in [-0.2, 0) is 31.7 Å². The largest absolute Gasteiger partial charge is 0.460 e. The minimum atomic E-state index is -4.65. The van der Waals surface area contributed by atoms with E-state index in [0.29, 0.717) is 5.56 Å². The maximum absolute atomic E-state index is 13.1. The number of alkyl halides is 4. The van der Waals surface area contributed by atoms with Gasteiger partial charge in [0.1, 0.15) is 18.3 Å². The molecular formula is C23H27F4N2O5+. The summed E-state index contributed by atoms with van der Waals surface area (Å²) >= 11 is 0. The van der Waals surface area contributed by atoms with Gasteiger partial charge in [0.25, 0.3) is 5.91 Å². The van der Waals surface area contributed by atoms with Crippen LogP contribution < -0.4 is 5.32 Å². The molecule has 0 saturated heterocycles. The number of fused-ring (bicyclic) bond motifs is 1. The van der Waals surface area contributed by atoms with Crippen molar-refractivity contribution in [3.05, 3.63) is 34.9 Å². The highest BCUT2D eigenvalue weighted by atomic mass is 19.4. The standard InChI is InChI=1S/C23H26F4N2O5/c1-5-17(20(32)28-16(18(30)12-24)11-19(31)34-22(2,3)4)29-9-8-13-6-7-14(23(25,26)27)10-15(13)21(29)33/h6-7,9-10,16-17H,5,8,11-12H2,1-4H3/p+1/t16?,17-/m0/s1. The van der Waals surface area contributed by atoms with Crippen molar-refractivity contribution in [2.24, 2.45) is 0 Å². The molecule has 0 radical (unpaired) electrons. The summed E-state index contributed by atoms with van der Waals surface area (Å²) in [5.41, 5.74) is -1.67. The van der Waals surface area contributed by atoms with Crippen molar-refractivity contribution < 1.29 is 46.1 Å². The Morgan fingerprint density at radius 2 is 1.82 bits per heavy atom. The van der Waals surface area contributed by atoms with Crippen LogP contribution in [-0.4, -0.2) is 58.7 Å². The average molecular weight is 487 g/mol. The molecule has 11 heteroatoms. The van der Waals surface area contributed by atoms with Crippen LogP contribution in [0, 0.1) is 0 Å². The van der Waals surface area contributed by atoms with E-state index in [4.69, 9.17) is 4.74 Å². The van der Waals surface area contributed by atoms with Gasteiger partial charge in [-0.2, -0.15) is 17.7 Å². The third-order valence-electron chi connectivity index (χ3n) is 5.06. The van der Waals surface area contributed by atoms with E-state index < -0.39 is 66.1 Å². The maximum Gasteiger partial charge on any atom is 0.420 e. The molecule has 0 saturated carbocycles. The fraction of sp³-hybridized carbons (Fsp3) is 0.522. The van der Waals surface area contributed by atoms with E-state index in [9.17, 15) is 36.7 Å². The van der Waals surface area contributed by atoms with Crippen molar-refractivity contribution in [1.82, 2.24) is 5.32 Å². The van der Waals surface area contributed by atoms with Gasteiger partial charge in [-0.1, -0.05) is 13.0 Å². The first-order valence-corrected chi connectivity index (χ1v) is 10.6. The minimum absolute atomic E-state index is 0.0470. The van der Waals surface area contributed by atoms with Gasteiger partial charge in [-0.3, -0.25) is 14.4 Å². The number of carbonyl (C=O) groups excluding carboxylic acids is 4. The molecule has 1 heterocycles. The Bertz CT molecular complexity index is 1010. The van der Waals surface area contributed by atoms with Crippen molar-refractivity contribution in [2.45, 2.75) is 70.8 Å². The Labute approximate surface area is 194 Å². The summed E-state index contributed by atoms with van der Waals surface area (Å²) in [5.74, 6) is -3.54. The summed E-state index contributed by atoms with van der Waals surface area (Å²) in [7, 11) is 0. The molecule has 1 aliphatic rings. The summed E-state index contributed by atoms with van der Waals surface area (Å²) in [5, 5.41) is 2.29. The van der Waals surface area contributed by atoms with Gasteiger partial charge < -0.3 is 10.1 Å². The monoisotopic (exact) mass is 487 g/mol. The number of benzene rings is 1. The lowest BCUT2D eigenvalue weighted by molar-refractivity contribution is -0.456. The zero-order valence-corrected chi connectivity index (χ0v) is 19.3. The van der Waals surface area contributed by atoms with Crippen LogP contribution in [0.2, 0.25) is 0 Å².